The minimum Gasteiger partial charge on any atom is -0.497 e. The Balaban J connectivity index is 1.65. The van der Waals surface area contributed by atoms with Crippen molar-refractivity contribution in [3.05, 3.63) is 59.2 Å². The fraction of sp³-hybridized carbons (Fsp3) is 0.176. The number of anilines is 1. The van der Waals surface area contributed by atoms with E-state index in [-0.39, 0.29) is 18.2 Å². The SMILES string of the molecule is COc1ccc(CC(=O)Nc2ccc3c(c2)CNC3=O)cc1. The Bertz CT molecular complexity index is 723. The lowest BCUT2D eigenvalue weighted by Crippen LogP contribution is -2.14. The van der Waals surface area contributed by atoms with E-state index in [1.165, 1.54) is 0 Å². The van der Waals surface area contributed by atoms with Crippen molar-refractivity contribution in [1.29, 1.82) is 0 Å². The number of hydrogen-bond acceptors (Lipinski definition) is 3. The van der Waals surface area contributed by atoms with Crippen LogP contribution in [0.1, 0.15) is 21.5 Å². The highest BCUT2D eigenvalue weighted by Crippen LogP contribution is 2.20. The van der Waals surface area contributed by atoms with E-state index >= 15 is 0 Å². The van der Waals surface area contributed by atoms with Crippen LogP contribution in [0.15, 0.2) is 42.5 Å². The molecule has 1 aliphatic heterocycles. The van der Waals surface area contributed by atoms with Crippen molar-refractivity contribution in [2.24, 2.45) is 0 Å². The first-order valence-electron chi connectivity index (χ1n) is 6.99. The van der Waals surface area contributed by atoms with Gasteiger partial charge in [0.05, 0.1) is 13.5 Å². The summed E-state index contributed by atoms with van der Waals surface area (Å²) < 4.78 is 5.09. The Morgan fingerprint density at radius 3 is 2.73 bits per heavy atom. The van der Waals surface area contributed by atoms with E-state index < -0.39 is 0 Å². The average molecular weight is 296 g/mol. The normalized spacial score (nSPS) is 12.5. The van der Waals surface area contributed by atoms with Crippen LogP contribution in [0.5, 0.6) is 5.75 Å². The maximum Gasteiger partial charge on any atom is 0.251 e. The van der Waals surface area contributed by atoms with E-state index in [1.54, 1.807) is 19.2 Å². The maximum absolute atomic E-state index is 12.1. The van der Waals surface area contributed by atoms with Gasteiger partial charge in [-0.05, 0) is 41.5 Å². The molecular weight excluding hydrogens is 280 g/mol. The third-order valence-corrected chi connectivity index (χ3v) is 3.60. The highest BCUT2D eigenvalue weighted by atomic mass is 16.5. The molecule has 0 unspecified atom stereocenters. The summed E-state index contributed by atoms with van der Waals surface area (Å²) in [5, 5.41) is 5.61. The number of amides is 2. The number of carbonyl (C=O) groups excluding carboxylic acids is 2. The van der Waals surface area contributed by atoms with Gasteiger partial charge in [-0.15, -0.1) is 0 Å². The molecule has 2 amide bonds. The van der Waals surface area contributed by atoms with Crippen molar-refractivity contribution in [3.63, 3.8) is 0 Å². The van der Waals surface area contributed by atoms with Crippen molar-refractivity contribution in [3.8, 4) is 5.75 Å². The van der Waals surface area contributed by atoms with Gasteiger partial charge in [0, 0.05) is 17.8 Å². The van der Waals surface area contributed by atoms with E-state index in [4.69, 9.17) is 4.74 Å². The smallest absolute Gasteiger partial charge is 0.251 e. The number of fused-ring (bicyclic) bond motifs is 1. The number of carbonyl (C=O) groups is 2. The molecule has 2 aromatic rings. The van der Waals surface area contributed by atoms with Gasteiger partial charge in [-0.3, -0.25) is 9.59 Å². The molecule has 0 saturated carbocycles. The summed E-state index contributed by atoms with van der Waals surface area (Å²) in [6.45, 7) is 0.510. The molecule has 3 rings (SSSR count). The van der Waals surface area contributed by atoms with Gasteiger partial charge in [0.15, 0.2) is 0 Å². The van der Waals surface area contributed by atoms with Crippen molar-refractivity contribution in [2.45, 2.75) is 13.0 Å². The van der Waals surface area contributed by atoms with Gasteiger partial charge in [-0.2, -0.15) is 0 Å². The van der Waals surface area contributed by atoms with Crippen LogP contribution in [-0.2, 0) is 17.8 Å². The number of rotatable bonds is 4. The molecule has 0 fully saturated rings. The first-order chi connectivity index (χ1) is 10.7. The lowest BCUT2D eigenvalue weighted by atomic mass is 10.1. The van der Waals surface area contributed by atoms with Crippen LogP contribution in [0.25, 0.3) is 0 Å². The third-order valence-electron chi connectivity index (χ3n) is 3.60. The summed E-state index contributed by atoms with van der Waals surface area (Å²) in [6, 6.07) is 12.7. The monoisotopic (exact) mass is 296 g/mol. The summed E-state index contributed by atoms with van der Waals surface area (Å²) >= 11 is 0. The molecular formula is C17H16N2O3. The molecule has 0 bridgehead atoms. The number of nitrogens with one attached hydrogen (secondary N) is 2. The average Bonchev–Trinajstić information content (AvgIpc) is 2.89. The second-order valence-corrected chi connectivity index (χ2v) is 5.13. The van der Waals surface area contributed by atoms with Crippen LogP contribution in [0.3, 0.4) is 0 Å². The molecule has 112 valence electrons. The first kappa shape index (κ1) is 14.1. The fourth-order valence-corrected chi connectivity index (χ4v) is 2.44. The topological polar surface area (TPSA) is 67.4 Å². The first-order valence-corrected chi connectivity index (χ1v) is 6.99. The standard InChI is InChI=1S/C17H16N2O3/c1-22-14-5-2-11(3-6-14)8-16(20)19-13-4-7-15-12(9-13)10-18-17(15)21/h2-7,9H,8,10H2,1H3,(H,18,21)(H,19,20). The summed E-state index contributed by atoms with van der Waals surface area (Å²) in [4.78, 5) is 23.6. The predicted octanol–water partition coefficient (Wildman–Crippen LogP) is 2.12. The number of benzene rings is 2. The molecule has 22 heavy (non-hydrogen) atoms. The van der Waals surface area contributed by atoms with E-state index in [1.807, 2.05) is 30.3 Å². The molecule has 2 aromatic carbocycles. The van der Waals surface area contributed by atoms with Crippen molar-refractivity contribution in [2.75, 3.05) is 12.4 Å². The molecule has 5 nitrogen and oxygen atoms in total. The zero-order valence-electron chi connectivity index (χ0n) is 12.2. The van der Waals surface area contributed by atoms with Crippen LogP contribution in [0, 0.1) is 0 Å². The lowest BCUT2D eigenvalue weighted by Gasteiger charge is -2.07. The van der Waals surface area contributed by atoms with E-state index in [0.717, 1.165) is 16.9 Å². The number of methoxy groups -OCH3 is 1. The summed E-state index contributed by atoms with van der Waals surface area (Å²) in [5.74, 6) is 0.605. The van der Waals surface area contributed by atoms with Crippen LogP contribution < -0.4 is 15.4 Å². The third kappa shape index (κ3) is 2.93. The molecule has 0 aliphatic carbocycles. The van der Waals surface area contributed by atoms with Gasteiger partial charge in [0.2, 0.25) is 5.91 Å². The Morgan fingerprint density at radius 2 is 2.00 bits per heavy atom. The van der Waals surface area contributed by atoms with E-state index in [0.29, 0.717) is 17.8 Å². The zero-order valence-corrected chi connectivity index (χ0v) is 12.2. The zero-order chi connectivity index (χ0) is 15.5. The molecule has 0 spiro atoms. The fourth-order valence-electron chi connectivity index (χ4n) is 2.44. The van der Waals surface area contributed by atoms with Gasteiger partial charge < -0.3 is 15.4 Å². The van der Waals surface area contributed by atoms with E-state index in [9.17, 15) is 9.59 Å². The Morgan fingerprint density at radius 1 is 1.23 bits per heavy atom. The van der Waals surface area contributed by atoms with Crippen LogP contribution >= 0.6 is 0 Å². The molecule has 0 radical (unpaired) electrons. The van der Waals surface area contributed by atoms with Gasteiger partial charge in [-0.1, -0.05) is 12.1 Å². The number of ether oxygens (including phenoxy) is 1. The van der Waals surface area contributed by atoms with Crippen molar-refractivity contribution >= 4 is 17.5 Å². The van der Waals surface area contributed by atoms with Gasteiger partial charge in [0.1, 0.15) is 5.75 Å². The Kier molecular flexibility index (Phi) is 3.78. The molecule has 0 saturated heterocycles. The molecule has 2 N–H and O–H groups in total. The van der Waals surface area contributed by atoms with Crippen molar-refractivity contribution in [1.82, 2.24) is 5.32 Å². The summed E-state index contributed by atoms with van der Waals surface area (Å²) in [5.41, 5.74) is 3.20. The second kappa shape index (κ2) is 5.89. The van der Waals surface area contributed by atoms with Gasteiger partial charge in [0.25, 0.3) is 5.91 Å². The van der Waals surface area contributed by atoms with Crippen molar-refractivity contribution < 1.29 is 14.3 Å². The van der Waals surface area contributed by atoms with E-state index in [2.05, 4.69) is 10.6 Å². The van der Waals surface area contributed by atoms with Crippen LogP contribution in [0.4, 0.5) is 5.69 Å². The summed E-state index contributed by atoms with van der Waals surface area (Å²) in [6.07, 6.45) is 0.290. The second-order valence-electron chi connectivity index (χ2n) is 5.13. The lowest BCUT2D eigenvalue weighted by molar-refractivity contribution is -0.115. The van der Waals surface area contributed by atoms with Crippen LogP contribution in [0.2, 0.25) is 0 Å². The highest BCUT2D eigenvalue weighted by molar-refractivity contribution is 5.99. The Hall–Kier alpha value is -2.82. The van der Waals surface area contributed by atoms with Gasteiger partial charge in [-0.25, -0.2) is 0 Å². The molecule has 1 aliphatic rings. The molecule has 0 aromatic heterocycles. The van der Waals surface area contributed by atoms with Gasteiger partial charge >= 0.3 is 0 Å². The number of hydrogen-bond donors (Lipinski definition) is 2. The summed E-state index contributed by atoms with van der Waals surface area (Å²) in [7, 11) is 1.61. The molecule has 1 heterocycles. The molecule has 0 atom stereocenters. The predicted molar refractivity (Wildman–Crippen MR) is 82.9 cm³/mol. The quantitative estimate of drug-likeness (QED) is 0.908. The minimum absolute atomic E-state index is 0.0638. The molecule has 5 heteroatoms. The van der Waals surface area contributed by atoms with Crippen LogP contribution in [-0.4, -0.2) is 18.9 Å². The maximum atomic E-state index is 12.1. The largest absolute Gasteiger partial charge is 0.497 e. The Labute approximate surface area is 128 Å². The minimum atomic E-state index is -0.0950. The highest BCUT2D eigenvalue weighted by Gasteiger charge is 2.18.